The number of thioether (sulfide) groups is 1. The summed E-state index contributed by atoms with van der Waals surface area (Å²) in [5, 5.41) is 3.98. The fourth-order valence-electron chi connectivity index (χ4n) is 4.13. The van der Waals surface area contributed by atoms with Crippen LogP contribution in [0.25, 0.3) is 10.9 Å². The number of likely N-dealkylation sites (tertiary alicyclic amines) is 1. The molecule has 2 aromatic carbocycles. The molecule has 2 aliphatic heterocycles. The number of rotatable bonds is 6. The molecule has 0 bridgehead atoms. The van der Waals surface area contributed by atoms with E-state index in [1.807, 2.05) is 52.1 Å². The van der Waals surface area contributed by atoms with E-state index < -0.39 is 0 Å². The van der Waals surface area contributed by atoms with Gasteiger partial charge in [-0.3, -0.25) is 9.59 Å². The first kappa shape index (κ1) is 20.8. The van der Waals surface area contributed by atoms with Crippen LogP contribution in [0, 0.1) is 0 Å². The number of anilines is 1. The van der Waals surface area contributed by atoms with E-state index in [0.717, 1.165) is 41.7 Å². The van der Waals surface area contributed by atoms with E-state index in [2.05, 4.69) is 5.32 Å². The number of nitrogens with one attached hydrogen (secondary N) is 1. The molecule has 2 aliphatic rings. The van der Waals surface area contributed by atoms with Crippen molar-refractivity contribution in [2.45, 2.75) is 24.3 Å². The van der Waals surface area contributed by atoms with Gasteiger partial charge in [-0.1, -0.05) is 18.2 Å². The average Bonchev–Trinajstić information content (AvgIpc) is 3.47. The first-order valence-corrected chi connectivity index (χ1v) is 11.8. The van der Waals surface area contributed by atoms with Crippen molar-refractivity contribution >= 4 is 40.2 Å². The number of carbonyl (C=O) groups excluding carboxylic acids is 2. The summed E-state index contributed by atoms with van der Waals surface area (Å²) < 4.78 is 13.1. The summed E-state index contributed by atoms with van der Waals surface area (Å²) in [4.78, 5) is 28.2. The van der Waals surface area contributed by atoms with Gasteiger partial charge in [-0.2, -0.15) is 0 Å². The maximum atomic E-state index is 12.7. The highest BCUT2D eigenvalue weighted by Crippen LogP contribution is 2.33. The third-order valence-corrected chi connectivity index (χ3v) is 6.74. The van der Waals surface area contributed by atoms with Gasteiger partial charge in [0, 0.05) is 46.8 Å². The SMILES string of the molecule is O=C(CSc1cn(CC(=O)N2CCCC2)c2ccccc12)Nc1ccc2c(c1)OCCO2. The Labute approximate surface area is 190 Å². The number of benzene rings is 2. The molecule has 8 heteroatoms. The van der Waals surface area contributed by atoms with Crippen molar-refractivity contribution in [2.75, 3.05) is 37.4 Å². The molecular weight excluding hydrogens is 426 g/mol. The summed E-state index contributed by atoms with van der Waals surface area (Å²) in [6.45, 7) is 3.06. The lowest BCUT2D eigenvalue weighted by Gasteiger charge is -2.19. The van der Waals surface area contributed by atoms with Gasteiger partial charge in [0.15, 0.2) is 11.5 Å². The van der Waals surface area contributed by atoms with Gasteiger partial charge < -0.3 is 24.3 Å². The van der Waals surface area contributed by atoms with E-state index >= 15 is 0 Å². The van der Waals surface area contributed by atoms with Gasteiger partial charge in [-0.05, 0) is 31.0 Å². The summed E-state index contributed by atoms with van der Waals surface area (Å²) in [6.07, 6.45) is 4.15. The quantitative estimate of drug-likeness (QED) is 0.578. The molecule has 5 rings (SSSR count). The predicted molar refractivity (Wildman–Crippen MR) is 125 cm³/mol. The number of carbonyl (C=O) groups is 2. The van der Waals surface area contributed by atoms with Crippen molar-refractivity contribution in [1.29, 1.82) is 0 Å². The summed E-state index contributed by atoms with van der Waals surface area (Å²) in [7, 11) is 0. The van der Waals surface area contributed by atoms with Crippen LogP contribution >= 0.6 is 11.8 Å². The molecule has 166 valence electrons. The summed E-state index contributed by atoms with van der Waals surface area (Å²) in [5.74, 6) is 1.66. The smallest absolute Gasteiger partial charge is 0.242 e. The van der Waals surface area contributed by atoms with Gasteiger partial charge in [0.05, 0.1) is 5.75 Å². The number of nitrogens with zero attached hydrogens (tertiary/aromatic N) is 2. The van der Waals surface area contributed by atoms with Crippen molar-refractivity contribution in [3.63, 3.8) is 0 Å². The normalized spacial score (nSPS) is 15.2. The molecule has 3 aromatic rings. The highest BCUT2D eigenvalue weighted by molar-refractivity contribution is 8.00. The standard InChI is InChI=1S/C24H25N3O4S/c28-23(25-17-7-8-20-21(13-17)31-12-11-30-20)16-32-22-14-27(19-6-2-1-5-18(19)22)15-24(29)26-9-3-4-10-26/h1-2,5-8,13-14H,3-4,9-12,15-16H2,(H,25,28). The second-order valence-corrected chi connectivity index (χ2v) is 8.94. The second kappa shape index (κ2) is 9.16. The van der Waals surface area contributed by atoms with Crippen molar-refractivity contribution in [1.82, 2.24) is 9.47 Å². The Kier molecular flexibility index (Phi) is 5.94. The number of fused-ring (bicyclic) bond motifs is 2. The molecule has 0 aliphatic carbocycles. The first-order valence-electron chi connectivity index (χ1n) is 10.9. The van der Waals surface area contributed by atoms with Crippen LogP contribution in [0.1, 0.15) is 12.8 Å². The first-order chi connectivity index (χ1) is 15.7. The molecule has 1 saturated heterocycles. The third kappa shape index (κ3) is 4.41. The predicted octanol–water partition coefficient (Wildman–Crippen LogP) is 3.77. The molecule has 7 nitrogen and oxygen atoms in total. The van der Waals surface area contributed by atoms with Crippen LogP contribution in [-0.4, -0.2) is 53.3 Å². The molecule has 2 amide bonds. The molecule has 1 aromatic heterocycles. The third-order valence-electron chi connectivity index (χ3n) is 5.70. The van der Waals surface area contributed by atoms with Crippen molar-refractivity contribution in [2.24, 2.45) is 0 Å². The van der Waals surface area contributed by atoms with Crippen LogP contribution in [0.2, 0.25) is 0 Å². The zero-order valence-corrected chi connectivity index (χ0v) is 18.5. The number of hydrogen-bond acceptors (Lipinski definition) is 5. The largest absolute Gasteiger partial charge is 0.486 e. The van der Waals surface area contributed by atoms with Gasteiger partial charge in [-0.25, -0.2) is 0 Å². The van der Waals surface area contributed by atoms with Gasteiger partial charge in [0.2, 0.25) is 11.8 Å². The van der Waals surface area contributed by atoms with E-state index in [4.69, 9.17) is 9.47 Å². The van der Waals surface area contributed by atoms with Gasteiger partial charge in [0.1, 0.15) is 19.8 Å². The van der Waals surface area contributed by atoms with E-state index in [1.54, 1.807) is 6.07 Å². The number of hydrogen-bond donors (Lipinski definition) is 1. The molecule has 0 unspecified atom stereocenters. The zero-order chi connectivity index (χ0) is 21.9. The Morgan fingerprint density at radius 3 is 2.62 bits per heavy atom. The molecule has 1 N–H and O–H groups in total. The zero-order valence-electron chi connectivity index (χ0n) is 17.7. The summed E-state index contributed by atoms with van der Waals surface area (Å²) >= 11 is 1.47. The Morgan fingerprint density at radius 1 is 1.00 bits per heavy atom. The van der Waals surface area contributed by atoms with E-state index in [1.165, 1.54) is 11.8 Å². The average molecular weight is 452 g/mol. The highest BCUT2D eigenvalue weighted by atomic mass is 32.2. The van der Waals surface area contributed by atoms with Crippen LogP contribution < -0.4 is 14.8 Å². The molecule has 1 fully saturated rings. The minimum atomic E-state index is -0.100. The molecule has 32 heavy (non-hydrogen) atoms. The molecule has 0 radical (unpaired) electrons. The van der Waals surface area contributed by atoms with Crippen LogP contribution in [0.15, 0.2) is 53.6 Å². The Bertz CT molecular complexity index is 1150. The van der Waals surface area contributed by atoms with Crippen LogP contribution in [0.5, 0.6) is 11.5 Å². The molecule has 0 saturated carbocycles. The Balaban J connectivity index is 1.26. The Hall–Kier alpha value is -3.13. The number of aromatic nitrogens is 1. The van der Waals surface area contributed by atoms with Crippen LogP contribution in [-0.2, 0) is 16.1 Å². The van der Waals surface area contributed by atoms with Crippen molar-refractivity contribution < 1.29 is 19.1 Å². The van der Waals surface area contributed by atoms with Gasteiger partial charge in [0.25, 0.3) is 0 Å². The molecule has 0 spiro atoms. The number of ether oxygens (including phenoxy) is 2. The maximum Gasteiger partial charge on any atom is 0.242 e. The van der Waals surface area contributed by atoms with Crippen molar-refractivity contribution in [3.8, 4) is 11.5 Å². The second-order valence-electron chi connectivity index (χ2n) is 7.92. The lowest BCUT2D eigenvalue weighted by molar-refractivity contribution is -0.130. The number of para-hydroxylation sites is 1. The highest BCUT2D eigenvalue weighted by Gasteiger charge is 2.20. The van der Waals surface area contributed by atoms with E-state index in [0.29, 0.717) is 36.9 Å². The van der Waals surface area contributed by atoms with Gasteiger partial charge >= 0.3 is 0 Å². The summed E-state index contributed by atoms with van der Waals surface area (Å²) in [5.41, 5.74) is 1.69. The fourth-order valence-corrected chi connectivity index (χ4v) is 5.02. The monoisotopic (exact) mass is 451 g/mol. The maximum absolute atomic E-state index is 12.7. The lowest BCUT2D eigenvalue weighted by Crippen LogP contribution is -2.30. The fraction of sp³-hybridized carbons (Fsp3) is 0.333. The van der Waals surface area contributed by atoms with E-state index in [9.17, 15) is 9.59 Å². The topological polar surface area (TPSA) is 72.8 Å². The summed E-state index contributed by atoms with van der Waals surface area (Å²) in [6, 6.07) is 13.4. The molecular formula is C24H25N3O4S. The van der Waals surface area contributed by atoms with Crippen molar-refractivity contribution in [3.05, 3.63) is 48.7 Å². The minimum absolute atomic E-state index is 0.100. The van der Waals surface area contributed by atoms with Crippen LogP contribution in [0.4, 0.5) is 5.69 Å². The lowest BCUT2D eigenvalue weighted by atomic mass is 10.2. The Morgan fingerprint density at radius 2 is 1.78 bits per heavy atom. The van der Waals surface area contributed by atoms with Crippen LogP contribution in [0.3, 0.4) is 0 Å². The van der Waals surface area contributed by atoms with E-state index in [-0.39, 0.29) is 17.6 Å². The molecule has 0 atom stereocenters. The molecule has 3 heterocycles. The minimum Gasteiger partial charge on any atom is -0.486 e. The number of amides is 2. The van der Waals surface area contributed by atoms with Gasteiger partial charge in [-0.15, -0.1) is 11.8 Å².